The zero-order valence-corrected chi connectivity index (χ0v) is 12.0. The minimum atomic E-state index is -0.340. The van der Waals surface area contributed by atoms with Crippen LogP contribution in [-0.2, 0) is 0 Å². The number of hydrogen-bond donors (Lipinski definition) is 0. The fraction of sp³-hybridized carbons (Fsp3) is 0.235. The monoisotopic (exact) mass is 284 g/mol. The number of carbonyl (C=O) groups is 1. The van der Waals surface area contributed by atoms with E-state index in [9.17, 15) is 4.79 Å². The molecule has 0 bridgehead atoms. The van der Waals surface area contributed by atoms with Crippen molar-refractivity contribution in [3.63, 3.8) is 0 Å². The van der Waals surface area contributed by atoms with Crippen molar-refractivity contribution in [1.29, 1.82) is 0 Å². The lowest BCUT2D eigenvalue weighted by Crippen LogP contribution is -2.20. The van der Waals surface area contributed by atoms with Crippen molar-refractivity contribution in [3.8, 4) is 17.2 Å². The van der Waals surface area contributed by atoms with Crippen molar-refractivity contribution in [2.24, 2.45) is 0 Å². The van der Waals surface area contributed by atoms with E-state index in [1.54, 1.807) is 26.4 Å². The van der Waals surface area contributed by atoms with E-state index in [4.69, 9.17) is 14.2 Å². The largest absolute Gasteiger partial charge is 0.497 e. The number of carbonyl (C=O) groups excluding carboxylic acids is 1. The summed E-state index contributed by atoms with van der Waals surface area (Å²) < 4.78 is 16.5. The summed E-state index contributed by atoms with van der Waals surface area (Å²) in [4.78, 5) is 12.2. The molecule has 0 spiro atoms. The van der Waals surface area contributed by atoms with Crippen LogP contribution in [0.2, 0.25) is 0 Å². The predicted octanol–water partition coefficient (Wildman–Crippen LogP) is 3.41. The zero-order chi connectivity index (χ0) is 14.8. The molecule has 0 saturated carbocycles. The summed E-state index contributed by atoms with van der Waals surface area (Å²) in [5.74, 6) is 2.07. The lowest BCUT2D eigenvalue weighted by Gasteiger charge is -2.26. The van der Waals surface area contributed by atoms with Gasteiger partial charge in [-0.2, -0.15) is 0 Å². The average molecular weight is 284 g/mol. The third-order valence-electron chi connectivity index (χ3n) is 3.62. The van der Waals surface area contributed by atoms with Gasteiger partial charge in [-0.05, 0) is 24.3 Å². The molecule has 0 aromatic heterocycles. The van der Waals surface area contributed by atoms with Gasteiger partial charge in [0.05, 0.1) is 26.2 Å². The van der Waals surface area contributed by atoms with Crippen molar-refractivity contribution in [2.75, 3.05) is 14.2 Å². The highest BCUT2D eigenvalue weighted by molar-refractivity contribution is 6.00. The van der Waals surface area contributed by atoms with Gasteiger partial charge >= 0.3 is 0 Å². The fourth-order valence-electron chi connectivity index (χ4n) is 2.53. The summed E-state index contributed by atoms with van der Waals surface area (Å²) in [5, 5.41) is 0. The minimum Gasteiger partial charge on any atom is -0.497 e. The van der Waals surface area contributed by atoms with Crippen molar-refractivity contribution in [2.45, 2.75) is 12.5 Å². The molecule has 0 saturated heterocycles. The third-order valence-corrected chi connectivity index (χ3v) is 3.62. The Balaban J connectivity index is 1.98. The normalized spacial score (nSPS) is 16.9. The van der Waals surface area contributed by atoms with Crippen LogP contribution in [0, 0.1) is 0 Å². The van der Waals surface area contributed by atoms with Crippen LogP contribution < -0.4 is 14.2 Å². The molecule has 1 aliphatic heterocycles. The second kappa shape index (κ2) is 5.48. The Labute approximate surface area is 123 Å². The van der Waals surface area contributed by atoms with Crippen LogP contribution in [0.1, 0.15) is 28.4 Å². The quantitative estimate of drug-likeness (QED) is 0.866. The molecule has 1 aliphatic rings. The molecule has 1 atom stereocenters. The molecule has 108 valence electrons. The van der Waals surface area contributed by atoms with Crippen LogP contribution in [0.3, 0.4) is 0 Å². The Morgan fingerprint density at radius 2 is 1.90 bits per heavy atom. The molecule has 4 heteroatoms. The SMILES string of the molecule is COc1ccc(C2CC(=O)c3ccccc3O2)c(OC)c1. The van der Waals surface area contributed by atoms with Gasteiger partial charge in [-0.25, -0.2) is 0 Å². The van der Waals surface area contributed by atoms with E-state index in [-0.39, 0.29) is 11.9 Å². The number of ketones is 1. The molecule has 3 rings (SSSR count). The van der Waals surface area contributed by atoms with Crippen molar-refractivity contribution < 1.29 is 19.0 Å². The maximum atomic E-state index is 12.2. The van der Waals surface area contributed by atoms with Crippen LogP contribution in [0.15, 0.2) is 42.5 Å². The van der Waals surface area contributed by atoms with Gasteiger partial charge in [0, 0.05) is 11.6 Å². The standard InChI is InChI=1S/C17H16O4/c1-19-11-7-8-13(16(9-11)20-2)17-10-14(18)12-5-3-4-6-15(12)21-17/h3-9,17H,10H2,1-2H3. The van der Waals surface area contributed by atoms with Crippen LogP contribution >= 0.6 is 0 Å². The maximum Gasteiger partial charge on any atom is 0.170 e. The first-order valence-electron chi connectivity index (χ1n) is 6.73. The Kier molecular flexibility index (Phi) is 3.52. The maximum absolute atomic E-state index is 12.2. The summed E-state index contributed by atoms with van der Waals surface area (Å²) in [6.07, 6.45) is -0.0343. The molecule has 0 amide bonds. The van der Waals surface area contributed by atoms with Crippen molar-refractivity contribution >= 4 is 5.78 Å². The molecule has 0 radical (unpaired) electrons. The molecule has 1 heterocycles. The number of Topliss-reactive ketones (excluding diaryl/α,β-unsaturated/α-hetero) is 1. The van der Waals surface area contributed by atoms with Gasteiger partial charge in [0.25, 0.3) is 0 Å². The van der Waals surface area contributed by atoms with Gasteiger partial charge in [0.2, 0.25) is 0 Å². The predicted molar refractivity (Wildman–Crippen MR) is 78.3 cm³/mol. The number of ether oxygens (including phenoxy) is 3. The molecular formula is C17H16O4. The number of fused-ring (bicyclic) bond motifs is 1. The van der Waals surface area contributed by atoms with Gasteiger partial charge in [0.1, 0.15) is 23.4 Å². The van der Waals surface area contributed by atoms with Gasteiger partial charge < -0.3 is 14.2 Å². The van der Waals surface area contributed by atoms with Crippen LogP contribution in [-0.4, -0.2) is 20.0 Å². The summed E-state index contributed by atoms with van der Waals surface area (Å²) in [5.41, 5.74) is 1.49. The number of rotatable bonds is 3. The first-order valence-corrected chi connectivity index (χ1v) is 6.73. The number of para-hydroxylation sites is 1. The lowest BCUT2D eigenvalue weighted by molar-refractivity contribution is 0.0847. The minimum absolute atomic E-state index is 0.0831. The highest BCUT2D eigenvalue weighted by Gasteiger charge is 2.29. The van der Waals surface area contributed by atoms with Crippen LogP contribution in [0.4, 0.5) is 0 Å². The highest BCUT2D eigenvalue weighted by Crippen LogP contribution is 2.39. The van der Waals surface area contributed by atoms with Gasteiger partial charge in [0.15, 0.2) is 5.78 Å². The van der Waals surface area contributed by atoms with Crippen LogP contribution in [0.25, 0.3) is 0 Å². The fourth-order valence-corrected chi connectivity index (χ4v) is 2.53. The van der Waals surface area contributed by atoms with E-state index in [2.05, 4.69) is 0 Å². The van der Waals surface area contributed by atoms with E-state index in [1.807, 2.05) is 30.3 Å². The smallest absolute Gasteiger partial charge is 0.170 e. The highest BCUT2D eigenvalue weighted by atomic mass is 16.5. The van der Waals surface area contributed by atoms with E-state index < -0.39 is 0 Å². The van der Waals surface area contributed by atoms with Gasteiger partial charge in [-0.15, -0.1) is 0 Å². The Bertz CT molecular complexity index is 678. The summed E-state index contributed by atoms with van der Waals surface area (Å²) in [6.45, 7) is 0. The summed E-state index contributed by atoms with van der Waals surface area (Å²) in [6, 6.07) is 12.8. The first-order chi connectivity index (χ1) is 10.2. The molecule has 2 aromatic carbocycles. The third kappa shape index (κ3) is 2.44. The number of benzene rings is 2. The zero-order valence-electron chi connectivity index (χ0n) is 12.0. The Morgan fingerprint density at radius 1 is 1.10 bits per heavy atom. The lowest BCUT2D eigenvalue weighted by atomic mass is 9.95. The van der Waals surface area contributed by atoms with E-state index in [1.165, 1.54) is 0 Å². The Morgan fingerprint density at radius 3 is 2.67 bits per heavy atom. The molecule has 21 heavy (non-hydrogen) atoms. The average Bonchev–Trinajstić information content (AvgIpc) is 2.54. The van der Waals surface area contributed by atoms with E-state index in [0.29, 0.717) is 29.2 Å². The second-order valence-electron chi connectivity index (χ2n) is 4.84. The number of hydrogen-bond acceptors (Lipinski definition) is 4. The molecule has 0 aliphatic carbocycles. The van der Waals surface area contributed by atoms with Crippen molar-refractivity contribution in [1.82, 2.24) is 0 Å². The van der Waals surface area contributed by atoms with Gasteiger partial charge in [-0.3, -0.25) is 4.79 Å². The molecule has 2 aromatic rings. The Hall–Kier alpha value is -2.49. The molecule has 0 N–H and O–H groups in total. The molecule has 1 unspecified atom stereocenters. The van der Waals surface area contributed by atoms with Crippen molar-refractivity contribution in [3.05, 3.63) is 53.6 Å². The topological polar surface area (TPSA) is 44.8 Å². The first kappa shape index (κ1) is 13.5. The van der Waals surface area contributed by atoms with E-state index in [0.717, 1.165) is 5.56 Å². The van der Waals surface area contributed by atoms with E-state index >= 15 is 0 Å². The van der Waals surface area contributed by atoms with Gasteiger partial charge in [-0.1, -0.05) is 12.1 Å². The molecular weight excluding hydrogens is 268 g/mol. The molecule has 0 fully saturated rings. The number of methoxy groups -OCH3 is 2. The summed E-state index contributed by atoms with van der Waals surface area (Å²) >= 11 is 0. The van der Waals surface area contributed by atoms with Crippen LogP contribution in [0.5, 0.6) is 17.2 Å². The summed E-state index contributed by atoms with van der Waals surface area (Å²) in [7, 11) is 3.20. The second-order valence-corrected chi connectivity index (χ2v) is 4.84. The molecule has 4 nitrogen and oxygen atoms in total.